The van der Waals surface area contributed by atoms with Gasteiger partial charge in [-0.25, -0.2) is 13.2 Å². The van der Waals surface area contributed by atoms with Gasteiger partial charge in [0.05, 0.1) is 69.2 Å². The smallest absolute Gasteiger partial charge is 0.333 e. The van der Waals surface area contributed by atoms with Crippen molar-refractivity contribution in [3.05, 3.63) is 35.4 Å². The summed E-state index contributed by atoms with van der Waals surface area (Å²) in [4.78, 5) is 71.8. The third kappa shape index (κ3) is 14.0. The lowest BCUT2D eigenvalue weighted by Crippen LogP contribution is -2.45. The van der Waals surface area contributed by atoms with Crippen LogP contribution >= 0.6 is 28.7 Å². The number of nitrogens with zero attached hydrogens (tertiary/aromatic N) is 3. The third-order valence-electron chi connectivity index (χ3n) is 13.0. The average Bonchev–Trinajstić information content (AvgIpc) is 4.08. The maximum Gasteiger partial charge on any atom is 0.333 e. The molecule has 5 aliphatic heterocycles. The molecule has 22 nitrogen and oxygen atoms in total. The summed E-state index contributed by atoms with van der Waals surface area (Å²) in [5.74, 6) is -0.396. The second-order valence-electron chi connectivity index (χ2n) is 18.5. The van der Waals surface area contributed by atoms with Crippen molar-refractivity contribution >= 4 is 92.4 Å². The van der Waals surface area contributed by atoms with Crippen LogP contribution in [0.3, 0.4) is 0 Å². The number of hydrogen-bond donors (Lipinski definition) is 4. The van der Waals surface area contributed by atoms with E-state index in [1.807, 2.05) is 13.8 Å². The van der Waals surface area contributed by atoms with Gasteiger partial charge >= 0.3 is 28.7 Å². The Kier molecular flexibility index (Phi) is 19.3. The molecule has 0 aromatic heterocycles. The Hall–Kier alpha value is -4.14. The Balaban J connectivity index is 0.982. The van der Waals surface area contributed by atoms with E-state index in [-0.39, 0.29) is 49.0 Å². The molecule has 3 fully saturated rings. The molecule has 5 heterocycles. The van der Waals surface area contributed by atoms with Crippen molar-refractivity contribution in [1.29, 1.82) is 0 Å². The number of carbonyl (C=O) groups is 5. The normalized spacial score (nSPS) is 22.3. The van der Waals surface area contributed by atoms with Crippen LogP contribution in [0.25, 0.3) is 0 Å². The zero-order valence-corrected chi connectivity index (χ0v) is 44.7. The van der Waals surface area contributed by atoms with Crippen molar-refractivity contribution in [2.75, 3.05) is 75.4 Å². The van der Waals surface area contributed by atoms with Gasteiger partial charge in [-0.2, -0.15) is 8.42 Å². The summed E-state index contributed by atoms with van der Waals surface area (Å²) < 4.78 is 91.4. The van der Waals surface area contributed by atoms with Gasteiger partial charge in [-0.15, -0.1) is 5.06 Å². The van der Waals surface area contributed by atoms with Gasteiger partial charge in [-0.05, 0) is 77.3 Å². The molecule has 0 radical (unpaired) electrons. The summed E-state index contributed by atoms with van der Waals surface area (Å²) >= 11 is -5.19. The van der Waals surface area contributed by atoms with E-state index in [1.165, 1.54) is 14.2 Å². The molecule has 2 aromatic rings. The Labute approximate surface area is 431 Å². The Bertz CT molecular complexity index is 2310. The number of rotatable bonds is 26. The molecule has 4 N–H and O–H groups in total. The largest absolute Gasteiger partial charge is 0.493 e. The number of amides is 4. The van der Waals surface area contributed by atoms with Crippen LogP contribution in [0.5, 0.6) is 23.0 Å². The van der Waals surface area contributed by atoms with Gasteiger partial charge in [-0.3, -0.25) is 28.3 Å². The molecular formula is C45H62N5O17PS4. The van der Waals surface area contributed by atoms with E-state index < -0.39 is 72.2 Å². The zero-order valence-electron chi connectivity index (χ0n) is 40.5. The summed E-state index contributed by atoms with van der Waals surface area (Å²) in [6.07, 6.45) is 3.65. The molecule has 398 valence electrons. The average molecular weight is 1100 g/mol. The third-order valence-corrected chi connectivity index (χ3v) is 20.6. The highest BCUT2D eigenvalue weighted by molar-refractivity contribution is 8.77. The summed E-state index contributed by atoms with van der Waals surface area (Å²) in [6, 6.07) is 5.42. The molecular weight excluding hydrogens is 1040 g/mol. The quantitative estimate of drug-likeness (QED) is 0.0266. The molecule has 2 aromatic carbocycles. The number of methoxy groups -OCH3 is 2. The Morgan fingerprint density at radius 3 is 1.68 bits per heavy atom. The second kappa shape index (κ2) is 24.9. The van der Waals surface area contributed by atoms with Crippen LogP contribution in [0.15, 0.2) is 24.3 Å². The zero-order chi connectivity index (χ0) is 51.7. The molecule has 4 amide bonds. The monoisotopic (exact) mass is 1100 g/mol. The van der Waals surface area contributed by atoms with Crippen LogP contribution in [0.4, 0.5) is 11.4 Å². The lowest BCUT2D eigenvalue weighted by atomic mass is 10.1. The highest BCUT2D eigenvalue weighted by Gasteiger charge is 2.43. The standard InChI is InChI=1S/C45H62N5O17PS4/c1-45(2,15-14-40(53)65-50-38(51)12-13-39(50)52)70-69-23-9-22-68(56,20-7-18-63-36-26-30-28(24-34(36)61-3)43(54)48-16-5-10-32(48)41(46-30)66-71(57)58)21-8-19-64-37-27-31-29(25-35(37)62-4)44(55)49-17-6-11-33(49)42(47-31)67-72(59)60/h24-27,32-33,41-42,46-47H,5-23H2,1-4H3,(H,57,58)(H,59,60)/t32-,33-,41?,42?,68?/m0/s1. The second-order valence-corrected chi connectivity index (χ2v) is 26.3. The van der Waals surface area contributed by atoms with Gasteiger partial charge in [-0.1, -0.05) is 21.6 Å². The maximum atomic E-state index is 14.9. The predicted octanol–water partition coefficient (Wildman–Crippen LogP) is 6.26. The molecule has 0 bridgehead atoms. The summed E-state index contributed by atoms with van der Waals surface area (Å²) in [6.45, 7) is 5.18. The van der Waals surface area contributed by atoms with Gasteiger partial charge in [0, 0.05) is 73.5 Å². The van der Waals surface area contributed by atoms with E-state index in [4.69, 9.17) is 32.2 Å². The first-order chi connectivity index (χ1) is 34.4. The van der Waals surface area contributed by atoms with Crippen LogP contribution in [0.1, 0.15) is 105 Å². The molecule has 27 heteroatoms. The van der Waals surface area contributed by atoms with Gasteiger partial charge in [0.1, 0.15) is 0 Å². The maximum absolute atomic E-state index is 14.9. The minimum atomic E-state index is -2.89. The first-order valence-corrected chi connectivity index (χ1v) is 30.4. The number of anilines is 2. The molecule has 5 aliphatic rings. The number of ether oxygens (including phenoxy) is 4. The van der Waals surface area contributed by atoms with Crippen LogP contribution < -0.4 is 29.6 Å². The van der Waals surface area contributed by atoms with Crippen molar-refractivity contribution in [3.63, 3.8) is 0 Å². The van der Waals surface area contributed by atoms with Crippen LogP contribution in [0, 0.1) is 0 Å². The number of hydrogen-bond acceptors (Lipinski definition) is 19. The predicted molar refractivity (Wildman–Crippen MR) is 270 cm³/mol. The lowest BCUT2D eigenvalue weighted by Gasteiger charge is -2.27. The molecule has 7 rings (SSSR count). The summed E-state index contributed by atoms with van der Waals surface area (Å²) in [7, 11) is 3.19. The molecule has 72 heavy (non-hydrogen) atoms. The highest BCUT2D eigenvalue weighted by Crippen LogP contribution is 2.49. The van der Waals surface area contributed by atoms with Crippen molar-refractivity contribution < 1.29 is 78.2 Å². The van der Waals surface area contributed by atoms with E-state index in [0.717, 1.165) is 0 Å². The van der Waals surface area contributed by atoms with E-state index in [2.05, 4.69) is 10.6 Å². The van der Waals surface area contributed by atoms with E-state index in [0.29, 0.717) is 139 Å². The molecule has 0 saturated carbocycles. The number of imide groups is 1. The van der Waals surface area contributed by atoms with E-state index >= 15 is 0 Å². The Morgan fingerprint density at radius 1 is 0.750 bits per heavy atom. The van der Waals surface area contributed by atoms with E-state index in [1.54, 1.807) is 55.7 Å². The first kappa shape index (κ1) is 55.6. The number of nitrogens with one attached hydrogen (secondary N) is 2. The topological polar surface area (TPSA) is 275 Å². The molecule has 3 saturated heterocycles. The highest BCUT2D eigenvalue weighted by atomic mass is 33.1. The van der Waals surface area contributed by atoms with E-state index in [9.17, 15) is 46.1 Å². The minimum absolute atomic E-state index is 0.00852. The van der Waals surface area contributed by atoms with Crippen LogP contribution in [0.2, 0.25) is 0 Å². The van der Waals surface area contributed by atoms with Crippen LogP contribution in [-0.4, -0.2) is 156 Å². The number of carbonyl (C=O) groups excluding carboxylic acids is 5. The van der Waals surface area contributed by atoms with Crippen molar-refractivity contribution in [1.82, 2.24) is 14.9 Å². The lowest BCUT2D eigenvalue weighted by molar-refractivity contribution is -0.197. The fraction of sp³-hybridized carbons (Fsp3) is 0.622. The molecule has 0 spiro atoms. The van der Waals surface area contributed by atoms with Crippen molar-refractivity contribution in [2.24, 2.45) is 0 Å². The fourth-order valence-electron chi connectivity index (χ4n) is 9.41. The molecule has 0 aliphatic carbocycles. The van der Waals surface area contributed by atoms with Crippen molar-refractivity contribution in [3.8, 4) is 23.0 Å². The van der Waals surface area contributed by atoms with Crippen LogP contribution in [-0.2, 0) is 54.9 Å². The SMILES string of the molecule is COc1cc2c(cc1OCCCP(=O)(CCCOc1cc3c(cc1OC)C(=O)N1CCC[C@H]1C(OS(=O)O)N3)CCCSSC(C)(C)CCC(=O)ON1C(=O)CCC1=O)NC(OS(=O)O)[C@@H]1CCCN1C2=O. The molecule has 4 unspecified atom stereocenters. The summed E-state index contributed by atoms with van der Waals surface area (Å²) in [5, 5.41) is 6.79. The Morgan fingerprint density at radius 2 is 1.22 bits per heavy atom. The molecule has 6 atom stereocenters. The number of benzene rings is 2. The number of hydroxylamine groups is 2. The number of fused-ring (bicyclic) bond motifs is 4. The summed E-state index contributed by atoms with van der Waals surface area (Å²) in [5.41, 5.74) is 1.30. The van der Waals surface area contributed by atoms with Gasteiger partial charge in [0.25, 0.3) is 23.6 Å². The van der Waals surface area contributed by atoms with Crippen molar-refractivity contribution in [2.45, 2.75) is 114 Å². The van der Waals surface area contributed by atoms with Gasteiger partial charge < -0.3 is 48.8 Å². The minimum Gasteiger partial charge on any atom is -0.493 e. The fourth-order valence-corrected chi connectivity index (χ4v) is 15.8. The first-order valence-electron chi connectivity index (χ1n) is 23.7. The van der Waals surface area contributed by atoms with Gasteiger partial charge in [0.15, 0.2) is 35.5 Å². The van der Waals surface area contributed by atoms with Gasteiger partial charge in [0.2, 0.25) is 0 Å².